The first-order chi connectivity index (χ1) is 9.68. The maximum atomic E-state index is 6.23. The average molecular weight is 283 g/mol. The molecule has 1 aliphatic carbocycles. The molecule has 0 saturated heterocycles. The maximum Gasteiger partial charge on any atom is 0.0331 e. The van der Waals surface area contributed by atoms with Gasteiger partial charge in [0.15, 0.2) is 0 Å². The lowest BCUT2D eigenvalue weighted by molar-refractivity contribution is 0.0429. The number of nitrogens with zero attached hydrogens (tertiary/aromatic N) is 1. The first-order valence-electron chi connectivity index (χ1n) is 9.13. The van der Waals surface area contributed by atoms with Crippen molar-refractivity contribution in [3.8, 4) is 0 Å². The van der Waals surface area contributed by atoms with Crippen molar-refractivity contribution in [3.05, 3.63) is 0 Å². The van der Waals surface area contributed by atoms with Crippen LogP contribution in [-0.2, 0) is 0 Å². The molecule has 0 aromatic heterocycles. The largest absolute Gasteiger partial charge is 0.329 e. The smallest absolute Gasteiger partial charge is 0.0331 e. The van der Waals surface area contributed by atoms with Crippen molar-refractivity contribution in [1.82, 2.24) is 4.90 Å². The highest BCUT2D eigenvalue weighted by Gasteiger charge is 2.37. The van der Waals surface area contributed by atoms with E-state index in [9.17, 15) is 0 Å². The van der Waals surface area contributed by atoms with Crippen molar-refractivity contribution in [2.24, 2.45) is 11.7 Å². The Bertz CT molecular complexity index is 232. The second kappa shape index (κ2) is 9.78. The van der Waals surface area contributed by atoms with Gasteiger partial charge in [0.2, 0.25) is 0 Å². The van der Waals surface area contributed by atoms with Crippen molar-refractivity contribution in [2.75, 3.05) is 19.6 Å². The van der Waals surface area contributed by atoms with E-state index in [2.05, 4.69) is 25.7 Å². The molecule has 0 unspecified atom stereocenters. The van der Waals surface area contributed by atoms with Gasteiger partial charge in [0.1, 0.15) is 0 Å². The highest BCUT2D eigenvalue weighted by Crippen LogP contribution is 2.36. The van der Waals surface area contributed by atoms with Crippen LogP contribution < -0.4 is 5.73 Å². The van der Waals surface area contributed by atoms with Gasteiger partial charge in [-0.3, -0.25) is 4.90 Å². The molecule has 2 heteroatoms. The Morgan fingerprint density at radius 1 is 0.950 bits per heavy atom. The lowest BCUT2D eigenvalue weighted by Crippen LogP contribution is -2.56. The quantitative estimate of drug-likeness (QED) is 0.594. The van der Waals surface area contributed by atoms with Crippen molar-refractivity contribution >= 4 is 0 Å². The van der Waals surface area contributed by atoms with E-state index in [0.717, 1.165) is 12.5 Å². The fraction of sp³-hybridized carbons (Fsp3) is 1.00. The zero-order chi connectivity index (χ0) is 14.8. The first-order valence-corrected chi connectivity index (χ1v) is 9.13. The fourth-order valence-electron chi connectivity index (χ4n) is 3.71. The molecule has 2 nitrogen and oxygen atoms in total. The Morgan fingerprint density at radius 3 is 2.15 bits per heavy atom. The summed E-state index contributed by atoms with van der Waals surface area (Å²) in [5.74, 6) is 0.905. The van der Waals surface area contributed by atoms with E-state index in [1.54, 1.807) is 0 Å². The lowest BCUT2D eigenvalue weighted by atomic mass is 9.75. The van der Waals surface area contributed by atoms with Gasteiger partial charge in [-0.05, 0) is 57.5 Å². The number of nitrogens with two attached hydrogens (primary N) is 1. The van der Waals surface area contributed by atoms with Gasteiger partial charge >= 0.3 is 0 Å². The van der Waals surface area contributed by atoms with Crippen LogP contribution in [0.2, 0.25) is 0 Å². The van der Waals surface area contributed by atoms with Crippen LogP contribution in [0.1, 0.15) is 85.0 Å². The van der Waals surface area contributed by atoms with Crippen LogP contribution in [-0.4, -0.2) is 30.1 Å². The summed E-state index contributed by atoms with van der Waals surface area (Å²) >= 11 is 0. The van der Waals surface area contributed by atoms with E-state index >= 15 is 0 Å². The predicted octanol–water partition coefficient (Wildman–Crippen LogP) is 4.58. The molecule has 120 valence electrons. The van der Waals surface area contributed by atoms with Crippen molar-refractivity contribution in [1.29, 1.82) is 0 Å². The molecule has 1 fully saturated rings. The minimum atomic E-state index is 0.327. The molecular weight excluding hydrogens is 244 g/mol. The molecule has 1 rings (SSSR count). The molecule has 0 spiro atoms. The molecule has 0 aromatic rings. The van der Waals surface area contributed by atoms with Gasteiger partial charge in [0.25, 0.3) is 0 Å². The van der Waals surface area contributed by atoms with Crippen molar-refractivity contribution in [2.45, 2.75) is 90.5 Å². The van der Waals surface area contributed by atoms with Crippen LogP contribution in [0.15, 0.2) is 0 Å². The Hall–Kier alpha value is -0.0800. The third kappa shape index (κ3) is 5.37. The summed E-state index contributed by atoms with van der Waals surface area (Å²) in [5.41, 5.74) is 6.55. The zero-order valence-electron chi connectivity index (χ0n) is 14.3. The molecule has 2 N–H and O–H groups in total. The number of unbranched alkanes of at least 4 members (excludes halogenated alkanes) is 4. The zero-order valence-corrected chi connectivity index (χ0v) is 14.3. The van der Waals surface area contributed by atoms with Crippen LogP contribution in [0.3, 0.4) is 0 Å². The molecule has 0 aliphatic heterocycles. The van der Waals surface area contributed by atoms with Crippen LogP contribution in [0.5, 0.6) is 0 Å². The van der Waals surface area contributed by atoms with E-state index in [4.69, 9.17) is 5.73 Å². The Labute approximate surface area is 127 Å². The minimum absolute atomic E-state index is 0.327. The molecule has 0 atom stereocenters. The molecule has 0 radical (unpaired) electrons. The number of hydrogen-bond donors (Lipinski definition) is 1. The third-order valence-electron chi connectivity index (χ3n) is 5.28. The number of hydrogen-bond acceptors (Lipinski definition) is 2. The number of rotatable bonds is 10. The molecule has 1 aliphatic rings. The van der Waals surface area contributed by atoms with E-state index in [1.165, 1.54) is 77.3 Å². The molecule has 20 heavy (non-hydrogen) atoms. The second-order valence-corrected chi connectivity index (χ2v) is 7.01. The Kier molecular flexibility index (Phi) is 8.79. The predicted molar refractivity (Wildman–Crippen MR) is 90.0 cm³/mol. The van der Waals surface area contributed by atoms with E-state index in [1.807, 2.05) is 0 Å². The summed E-state index contributed by atoms with van der Waals surface area (Å²) in [6.45, 7) is 10.3. The van der Waals surface area contributed by atoms with Gasteiger partial charge in [-0.15, -0.1) is 0 Å². The molecule has 0 bridgehead atoms. The third-order valence-corrected chi connectivity index (χ3v) is 5.28. The SMILES string of the molecule is CCCCCCCN(CCC)C1(CN)CCC(C)CC1. The van der Waals surface area contributed by atoms with E-state index in [-0.39, 0.29) is 0 Å². The summed E-state index contributed by atoms with van der Waals surface area (Å²) in [5, 5.41) is 0. The second-order valence-electron chi connectivity index (χ2n) is 7.01. The molecule has 0 amide bonds. The summed E-state index contributed by atoms with van der Waals surface area (Å²) in [6, 6.07) is 0. The average Bonchev–Trinajstić information content (AvgIpc) is 2.47. The highest BCUT2D eigenvalue weighted by atomic mass is 15.2. The van der Waals surface area contributed by atoms with Crippen LogP contribution in [0, 0.1) is 5.92 Å². The highest BCUT2D eigenvalue weighted by molar-refractivity contribution is 4.95. The van der Waals surface area contributed by atoms with Gasteiger partial charge < -0.3 is 5.73 Å². The van der Waals surface area contributed by atoms with Crippen LogP contribution in [0.4, 0.5) is 0 Å². The fourth-order valence-corrected chi connectivity index (χ4v) is 3.71. The minimum Gasteiger partial charge on any atom is -0.329 e. The van der Waals surface area contributed by atoms with Crippen LogP contribution >= 0.6 is 0 Å². The van der Waals surface area contributed by atoms with Crippen molar-refractivity contribution < 1.29 is 0 Å². The summed E-state index contributed by atoms with van der Waals surface area (Å²) in [4.78, 5) is 2.75. The lowest BCUT2D eigenvalue weighted by Gasteiger charge is -2.47. The topological polar surface area (TPSA) is 29.3 Å². The standard InChI is InChI=1S/C18H38N2/c1-4-6-7-8-9-15-20(14-5-2)18(16-19)12-10-17(3)11-13-18/h17H,4-16,19H2,1-3H3. The molecule has 0 heterocycles. The van der Waals surface area contributed by atoms with E-state index < -0.39 is 0 Å². The van der Waals surface area contributed by atoms with Crippen LogP contribution in [0.25, 0.3) is 0 Å². The summed E-state index contributed by atoms with van der Waals surface area (Å²) in [6.07, 6.45) is 13.5. The summed E-state index contributed by atoms with van der Waals surface area (Å²) in [7, 11) is 0. The van der Waals surface area contributed by atoms with Gasteiger partial charge in [0.05, 0.1) is 0 Å². The van der Waals surface area contributed by atoms with E-state index in [0.29, 0.717) is 5.54 Å². The van der Waals surface area contributed by atoms with Crippen molar-refractivity contribution in [3.63, 3.8) is 0 Å². The molecule has 0 aromatic carbocycles. The molecular formula is C18H38N2. The normalized spacial score (nSPS) is 27.1. The summed E-state index contributed by atoms with van der Waals surface area (Å²) < 4.78 is 0. The van der Waals surface area contributed by atoms with Gasteiger partial charge in [0, 0.05) is 12.1 Å². The first kappa shape index (κ1) is 18.0. The van der Waals surface area contributed by atoms with Gasteiger partial charge in [-0.2, -0.15) is 0 Å². The Balaban J connectivity index is 2.48. The van der Waals surface area contributed by atoms with Gasteiger partial charge in [-0.1, -0.05) is 46.5 Å². The van der Waals surface area contributed by atoms with Gasteiger partial charge in [-0.25, -0.2) is 0 Å². The maximum absolute atomic E-state index is 6.23. The monoisotopic (exact) mass is 282 g/mol. The molecule has 1 saturated carbocycles. The Morgan fingerprint density at radius 2 is 1.60 bits per heavy atom.